The molecule has 2 aliphatic heterocycles. The maximum Gasteiger partial charge on any atom is 0.272 e. The number of fused-ring (bicyclic) bond motifs is 3. The van der Waals surface area contributed by atoms with Crippen molar-refractivity contribution in [2.24, 2.45) is 10.9 Å². The summed E-state index contributed by atoms with van der Waals surface area (Å²) in [6.07, 6.45) is 6.88. The summed E-state index contributed by atoms with van der Waals surface area (Å²) in [6.45, 7) is 8.32. The molecule has 0 spiro atoms. The summed E-state index contributed by atoms with van der Waals surface area (Å²) in [5.41, 5.74) is 5.61. The van der Waals surface area contributed by atoms with Gasteiger partial charge in [0.1, 0.15) is 29.2 Å². The van der Waals surface area contributed by atoms with Gasteiger partial charge in [-0.2, -0.15) is 5.26 Å². The van der Waals surface area contributed by atoms with Crippen LogP contribution in [-0.2, 0) is 6.54 Å². The first-order valence-corrected chi connectivity index (χ1v) is 19.7. The van der Waals surface area contributed by atoms with Gasteiger partial charge in [-0.25, -0.2) is 0 Å². The number of ether oxygens (including phenoxy) is 1. The van der Waals surface area contributed by atoms with Crippen LogP contribution in [0.4, 0.5) is 5.82 Å². The third-order valence-corrected chi connectivity index (χ3v) is 12.1. The quantitative estimate of drug-likeness (QED) is 0.186. The lowest BCUT2D eigenvalue weighted by Crippen LogP contribution is -2.40. The minimum absolute atomic E-state index is 0.0302. The molecule has 14 heteroatoms. The van der Waals surface area contributed by atoms with E-state index in [9.17, 15) is 4.79 Å². The molecule has 1 N–H and O–H groups in total. The van der Waals surface area contributed by atoms with Gasteiger partial charge in [0.05, 0.1) is 28.1 Å². The number of hydrogen-bond donors (Lipinski definition) is 1. The Labute approximate surface area is 328 Å². The van der Waals surface area contributed by atoms with Crippen molar-refractivity contribution in [1.82, 2.24) is 35.3 Å². The number of amides is 1. The highest BCUT2D eigenvalue weighted by molar-refractivity contribution is 7.15. The Bertz CT molecular complexity index is 2370. The number of anilines is 1. The van der Waals surface area contributed by atoms with E-state index >= 15 is 0 Å². The number of thiophene rings is 1. The fraction of sp³-hybridized carbons (Fsp3) is 0.366. The van der Waals surface area contributed by atoms with E-state index < -0.39 is 0 Å². The van der Waals surface area contributed by atoms with Crippen LogP contribution in [-0.4, -0.2) is 66.8 Å². The predicted octanol–water partition coefficient (Wildman–Crippen LogP) is 6.70. The molecule has 8 rings (SSSR count). The smallest absolute Gasteiger partial charge is 0.272 e. The number of nitrogens with zero attached hydrogens (tertiary/aromatic N) is 9. The van der Waals surface area contributed by atoms with Crippen molar-refractivity contribution >= 4 is 40.4 Å². The topological polar surface area (TPSA) is 147 Å². The van der Waals surface area contributed by atoms with Crippen LogP contribution in [0.25, 0.3) is 5.00 Å². The van der Waals surface area contributed by atoms with Crippen molar-refractivity contribution in [3.05, 3.63) is 104 Å². The molecule has 55 heavy (non-hydrogen) atoms. The summed E-state index contributed by atoms with van der Waals surface area (Å²) in [4.78, 5) is 26.2. The number of piperidine rings is 1. The zero-order valence-electron chi connectivity index (χ0n) is 30.8. The number of pyridine rings is 1. The second kappa shape index (κ2) is 15.6. The number of carbonyl (C=O) groups excluding carboxylic acids is 1. The van der Waals surface area contributed by atoms with Crippen LogP contribution in [0.3, 0.4) is 0 Å². The first-order chi connectivity index (χ1) is 26.7. The Balaban J connectivity index is 0.814. The SMILES string of the molecule is Cc1sc2c(c1C)C(c1ccc(C#CC3CCN(c4ccc(C(=O)N[C@H]5CC[C@H](Oc6ccc(C#N)c(Cl)c6)CC5)nn4)CC3)cn1)=NCc1nnc(C)n1-2. The number of rotatable bonds is 6. The van der Waals surface area contributed by atoms with E-state index in [1.165, 1.54) is 10.4 Å². The second-order valence-electron chi connectivity index (χ2n) is 14.2. The number of aliphatic imine (C=N–C) groups is 1. The third kappa shape index (κ3) is 7.68. The van der Waals surface area contributed by atoms with Crippen LogP contribution >= 0.6 is 22.9 Å². The van der Waals surface area contributed by atoms with Crippen molar-refractivity contribution in [2.45, 2.75) is 78.0 Å². The summed E-state index contributed by atoms with van der Waals surface area (Å²) in [5, 5.41) is 31.0. The zero-order valence-corrected chi connectivity index (χ0v) is 32.4. The van der Waals surface area contributed by atoms with Crippen molar-refractivity contribution in [3.8, 4) is 28.7 Å². The molecule has 5 aromatic rings. The van der Waals surface area contributed by atoms with E-state index in [0.29, 0.717) is 28.6 Å². The number of benzene rings is 1. The molecule has 3 aliphatic rings. The Kier molecular flexibility index (Phi) is 10.3. The largest absolute Gasteiger partial charge is 0.490 e. The number of halogens is 1. The minimum Gasteiger partial charge on any atom is -0.490 e. The van der Waals surface area contributed by atoms with Gasteiger partial charge >= 0.3 is 0 Å². The summed E-state index contributed by atoms with van der Waals surface area (Å²) in [5.74, 6) is 9.97. The fourth-order valence-corrected chi connectivity index (χ4v) is 8.79. The lowest BCUT2D eigenvalue weighted by molar-refractivity contribution is 0.0888. The normalized spacial score (nSPS) is 18.2. The van der Waals surface area contributed by atoms with E-state index in [2.05, 4.69) is 66.9 Å². The lowest BCUT2D eigenvalue weighted by Gasteiger charge is -2.30. The number of nitrogens with one attached hydrogen (secondary N) is 1. The molecule has 6 heterocycles. The van der Waals surface area contributed by atoms with E-state index in [1.54, 1.807) is 35.6 Å². The van der Waals surface area contributed by atoms with Crippen LogP contribution in [0.15, 0.2) is 53.7 Å². The summed E-state index contributed by atoms with van der Waals surface area (Å²) >= 11 is 7.89. The minimum atomic E-state index is -0.220. The third-order valence-electron chi connectivity index (χ3n) is 10.6. The number of aromatic nitrogens is 6. The highest BCUT2D eigenvalue weighted by Crippen LogP contribution is 2.36. The average Bonchev–Trinajstić information content (AvgIpc) is 3.66. The van der Waals surface area contributed by atoms with Crippen LogP contribution in [0.2, 0.25) is 5.02 Å². The van der Waals surface area contributed by atoms with Crippen molar-refractivity contribution in [2.75, 3.05) is 18.0 Å². The number of carbonyl (C=O) groups is 1. The zero-order chi connectivity index (χ0) is 38.1. The van der Waals surface area contributed by atoms with E-state index in [-0.39, 0.29) is 24.0 Å². The molecule has 0 radical (unpaired) electrons. The molecular weight excluding hydrogens is 732 g/mol. The van der Waals surface area contributed by atoms with Gasteiger partial charge in [-0.1, -0.05) is 23.4 Å². The Hall–Kier alpha value is -5.63. The van der Waals surface area contributed by atoms with Gasteiger partial charge in [0.2, 0.25) is 0 Å². The second-order valence-corrected chi connectivity index (χ2v) is 15.8. The van der Waals surface area contributed by atoms with E-state index in [1.807, 2.05) is 31.3 Å². The van der Waals surface area contributed by atoms with Gasteiger partial charge in [0, 0.05) is 53.3 Å². The van der Waals surface area contributed by atoms with Crippen LogP contribution in [0, 0.1) is 49.9 Å². The Morgan fingerprint density at radius 2 is 1.80 bits per heavy atom. The van der Waals surface area contributed by atoms with Crippen molar-refractivity contribution in [1.29, 1.82) is 5.26 Å². The summed E-state index contributed by atoms with van der Waals surface area (Å²) < 4.78 is 8.20. The molecule has 0 atom stereocenters. The molecule has 1 aliphatic carbocycles. The Morgan fingerprint density at radius 1 is 0.982 bits per heavy atom. The standard InChI is InChI=1S/C41H39ClN10O2S/c1-24-25(2)55-41-38(24)39(45-23-37-50-47-26(3)52(37)41)34-13-6-28(22-44-34)5-4-27-16-18-51(19-17-27)36-15-14-35(48-49-36)40(53)46-30-8-11-31(12-9-30)54-32-10-7-29(21-43)33(42)20-32/h6-7,10,13-15,20,22,27,30-31H,8-9,11-12,16-19,23H2,1-3H3,(H,46,53)/t30-,31-. The molecular formula is C41H39ClN10O2S. The van der Waals surface area contributed by atoms with Crippen molar-refractivity contribution < 1.29 is 9.53 Å². The highest BCUT2D eigenvalue weighted by atomic mass is 35.5. The monoisotopic (exact) mass is 770 g/mol. The molecule has 0 unspecified atom stereocenters. The first-order valence-electron chi connectivity index (χ1n) is 18.5. The number of aryl methyl sites for hydroxylation is 2. The van der Waals surface area contributed by atoms with Gasteiger partial charge in [-0.15, -0.1) is 31.7 Å². The Morgan fingerprint density at radius 3 is 2.51 bits per heavy atom. The predicted molar refractivity (Wildman–Crippen MR) is 211 cm³/mol. The summed E-state index contributed by atoms with van der Waals surface area (Å²) in [7, 11) is 0. The molecule has 4 aromatic heterocycles. The van der Waals surface area contributed by atoms with E-state index in [0.717, 1.165) is 96.6 Å². The maximum absolute atomic E-state index is 13.0. The average molecular weight is 771 g/mol. The van der Waals surface area contributed by atoms with Crippen LogP contribution in [0.5, 0.6) is 5.75 Å². The van der Waals surface area contributed by atoms with Crippen LogP contribution in [0.1, 0.15) is 93.5 Å². The van der Waals surface area contributed by atoms with Crippen LogP contribution < -0.4 is 15.0 Å². The van der Waals surface area contributed by atoms with Gasteiger partial charge in [-0.3, -0.25) is 19.3 Å². The molecule has 278 valence electrons. The molecule has 0 bridgehead atoms. The van der Waals surface area contributed by atoms with Gasteiger partial charge in [0.25, 0.3) is 5.91 Å². The first kappa shape index (κ1) is 36.4. The highest BCUT2D eigenvalue weighted by Gasteiger charge is 2.28. The maximum atomic E-state index is 13.0. The van der Waals surface area contributed by atoms with Gasteiger partial charge in [0.15, 0.2) is 17.3 Å². The molecule has 1 amide bonds. The number of nitriles is 1. The van der Waals surface area contributed by atoms with Gasteiger partial charge in [-0.05, 0) is 101 Å². The van der Waals surface area contributed by atoms with E-state index in [4.69, 9.17) is 31.6 Å². The lowest BCUT2D eigenvalue weighted by atomic mass is 9.93. The van der Waals surface area contributed by atoms with Gasteiger partial charge < -0.3 is 15.0 Å². The molecule has 2 fully saturated rings. The molecule has 12 nitrogen and oxygen atoms in total. The number of hydrogen-bond acceptors (Lipinski definition) is 11. The molecule has 1 aromatic carbocycles. The summed E-state index contributed by atoms with van der Waals surface area (Å²) in [6, 6.07) is 14.9. The fourth-order valence-electron chi connectivity index (χ4n) is 7.35. The molecule has 1 saturated heterocycles. The molecule has 1 saturated carbocycles. The van der Waals surface area contributed by atoms with Crippen molar-refractivity contribution in [3.63, 3.8) is 0 Å².